The summed E-state index contributed by atoms with van der Waals surface area (Å²) in [6.07, 6.45) is 4.14. The maximum Gasteiger partial charge on any atom is 0.242 e. The number of nitrogens with zero attached hydrogens (tertiary/aromatic N) is 4. The van der Waals surface area contributed by atoms with Crippen molar-refractivity contribution < 1.29 is 21.6 Å². The first-order valence-corrected chi connectivity index (χ1v) is 11.1. The van der Waals surface area contributed by atoms with Crippen LogP contribution in [0.5, 0.6) is 0 Å². The molecule has 0 saturated heterocycles. The molecule has 7 nitrogen and oxygen atoms in total. The van der Waals surface area contributed by atoms with Crippen LogP contribution in [0.2, 0.25) is 0 Å². The molecule has 11 heteroatoms. The predicted octanol–water partition coefficient (Wildman–Crippen LogP) is 3.68. The lowest BCUT2D eigenvalue weighted by atomic mass is 10.1. The predicted molar refractivity (Wildman–Crippen MR) is 115 cm³/mol. The monoisotopic (exact) mass is 471 g/mol. The minimum Gasteiger partial charge on any atom is -0.306 e. The minimum atomic E-state index is -4.21. The molecule has 0 aliphatic heterocycles. The van der Waals surface area contributed by atoms with Crippen molar-refractivity contribution in [1.29, 1.82) is 5.26 Å². The van der Waals surface area contributed by atoms with Gasteiger partial charge in [0.25, 0.3) is 0 Å². The van der Waals surface area contributed by atoms with Crippen molar-refractivity contribution in [3.8, 4) is 23.1 Å². The van der Waals surface area contributed by atoms with Crippen LogP contribution >= 0.6 is 0 Å². The van der Waals surface area contributed by atoms with Gasteiger partial charge in [-0.15, -0.1) is 0 Å². The third-order valence-electron chi connectivity index (χ3n) is 4.95. The Morgan fingerprint density at radius 2 is 1.82 bits per heavy atom. The van der Waals surface area contributed by atoms with Crippen LogP contribution in [0.4, 0.5) is 13.2 Å². The number of sulfonamides is 1. The lowest BCUT2D eigenvalue weighted by Gasteiger charge is -2.13. The zero-order valence-corrected chi connectivity index (χ0v) is 17.7. The number of aromatic nitrogens is 3. The van der Waals surface area contributed by atoms with E-state index >= 15 is 0 Å². The number of pyridine rings is 2. The Balaban J connectivity index is 1.89. The molecular weight excluding hydrogens is 455 g/mol. The van der Waals surface area contributed by atoms with Gasteiger partial charge in [0.2, 0.25) is 10.0 Å². The molecular formula is C22H16F3N5O2S. The molecule has 168 valence electrons. The van der Waals surface area contributed by atoms with Gasteiger partial charge in [0.1, 0.15) is 30.1 Å². The standard InChI is InChI=1S/C22H16F3N5O2S/c23-10-15(11-24)29-33(31,32)17-2-3-20(28-13-17)22-19(12-26)18-9-14(25)1-4-21(18)30(22)16-5-7-27-8-6-16/h1-9,13,15,29H,10-11H2. The third-order valence-corrected chi connectivity index (χ3v) is 6.45. The van der Waals surface area contributed by atoms with Crippen molar-refractivity contribution in [2.24, 2.45) is 0 Å². The quantitative estimate of drug-likeness (QED) is 0.443. The topological polar surface area (TPSA) is 101 Å². The van der Waals surface area contributed by atoms with Gasteiger partial charge in [0.05, 0.1) is 28.5 Å². The summed E-state index contributed by atoms with van der Waals surface area (Å²) in [5.41, 5.74) is 1.89. The number of halogens is 3. The van der Waals surface area contributed by atoms with Crippen LogP contribution in [0.1, 0.15) is 5.56 Å². The van der Waals surface area contributed by atoms with Crippen molar-refractivity contribution >= 4 is 20.9 Å². The van der Waals surface area contributed by atoms with E-state index in [0.29, 0.717) is 22.3 Å². The summed E-state index contributed by atoms with van der Waals surface area (Å²) >= 11 is 0. The molecule has 0 radical (unpaired) electrons. The first kappa shape index (κ1) is 22.4. The second kappa shape index (κ2) is 9.01. The first-order chi connectivity index (χ1) is 15.9. The highest BCUT2D eigenvalue weighted by Gasteiger charge is 2.24. The Bertz CT molecular complexity index is 1450. The van der Waals surface area contributed by atoms with Gasteiger partial charge in [-0.1, -0.05) is 0 Å². The molecule has 33 heavy (non-hydrogen) atoms. The van der Waals surface area contributed by atoms with Crippen LogP contribution in [0.3, 0.4) is 0 Å². The Kier molecular flexibility index (Phi) is 6.13. The molecule has 0 aliphatic carbocycles. The molecule has 0 amide bonds. The van der Waals surface area contributed by atoms with Crippen molar-refractivity contribution in [2.45, 2.75) is 10.9 Å². The van der Waals surface area contributed by atoms with Crippen LogP contribution in [0.15, 0.2) is 66.0 Å². The Morgan fingerprint density at radius 3 is 2.42 bits per heavy atom. The minimum absolute atomic E-state index is 0.150. The maximum atomic E-state index is 14.0. The van der Waals surface area contributed by atoms with E-state index in [2.05, 4.69) is 16.0 Å². The average Bonchev–Trinajstić information content (AvgIpc) is 3.16. The zero-order valence-electron chi connectivity index (χ0n) is 16.9. The lowest BCUT2D eigenvalue weighted by Crippen LogP contribution is -2.37. The second-order valence-corrected chi connectivity index (χ2v) is 8.76. The molecule has 1 N–H and O–H groups in total. The highest BCUT2D eigenvalue weighted by Crippen LogP contribution is 2.35. The molecule has 0 unspecified atom stereocenters. The van der Waals surface area contributed by atoms with Gasteiger partial charge in [-0.25, -0.2) is 26.3 Å². The molecule has 3 heterocycles. The maximum absolute atomic E-state index is 14.0. The van der Waals surface area contributed by atoms with Gasteiger partial charge >= 0.3 is 0 Å². The van der Waals surface area contributed by atoms with E-state index in [9.17, 15) is 26.9 Å². The third kappa shape index (κ3) is 4.18. The van der Waals surface area contributed by atoms with E-state index in [0.717, 1.165) is 6.20 Å². The molecule has 1 aromatic carbocycles. The Morgan fingerprint density at radius 1 is 1.09 bits per heavy atom. The highest BCUT2D eigenvalue weighted by molar-refractivity contribution is 7.89. The van der Waals surface area contributed by atoms with Crippen LogP contribution in [-0.2, 0) is 10.0 Å². The molecule has 0 aliphatic rings. The van der Waals surface area contributed by atoms with E-state index in [1.165, 1.54) is 30.3 Å². The van der Waals surface area contributed by atoms with Crippen LogP contribution in [0.25, 0.3) is 28.0 Å². The summed E-state index contributed by atoms with van der Waals surface area (Å²) < 4.78 is 67.9. The van der Waals surface area contributed by atoms with Gasteiger partial charge in [0, 0.05) is 29.7 Å². The van der Waals surface area contributed by atoms with E-state index in [1.54, 1.807) is 29.1 Å². The summed E-state index contributed by atoms with van der Waals surface area (Å²) in [4.78, 5) is 7.89. The molecule has 0 bridgehead atoms. The lowest BCUT2D eigenvalue weighted by molar-refractivity contribution is 0.334. The SMILES string of the molecule is N#Cc1c(-c2ccc(S(=O)(=O)NC(CF)CF)cn2)n(-c2ccncc2)c2ccc(F)cc12. The summed E-state index contributed by atoms with van der Waals surface area (Å²) in [5.74, 6) is -0.520. The number of nitrogens with one attached hydrogen (secondary N) is 1. The number of nitriles is 1. The summed E-state index contributed by atoms with van der Waals surface area (Å²) in [6.45, 7) is -2.40. The van der Waals surface area contributed by atoms with E-state index in [-0.39, 0.29) is 16.2 Å². The fourth-order valence-corrected chi connectivity index (χ4v) is 4.59. The van der Waals surface area contributed by atoms with E-state index in [4.69, 9.17) is 0 Å². The fourth-order valence-electron chi connectivity index (χ4n) is 3.45. The molecule has 4 aromatic rings. The molecule has 0 saturated carbocycles. The van der Waals surface area contributed by atoms with E-state index < -0.39 is 35.2 Å². The summed E-state index contributed by atoms with van der Waals surface area (Å²) in [5, 5.41) is 10.2. The van der Waals surface area contributed by atoms with Crippen LogP contribution in [-0.4, -0.2) is 42.3 Å². The van der Waals surface area contributed by atoms with Crippen LogP contribution < -0.4 is 4.72 Å². The Hall–Kier alpha value is -3.75. The van der Waals surface area contributed by atoms with Gasteiger partial charge in [-0.3, -0.25) is 9.97 Å². The Labute approximate surface area is 187 Å². The normalized spacial score (nSPS) is 11.7. The molecule has 0 atom stereocenters. The van der Waals surface area contributed by atoms with E-state index in [1.807, 2.05) is 4.72 Å². The van der Waals surface area contributed by atoms with Gasteiger partial charge in [-0.2, -0.15) is 5.26 Å². The number of benzene rings is 1. The number of hydrogen-bond acceptors (Lipinski definition) is 5. The fraction of sp³-hybridized carbons (Fsp3) is 0.136. The molecule has 4 rings (SSSR count). The largest absolute Gasteiger partial charge is 0.306 e. The number of fused-ring (bicyclic) bond motifs is 1. The average molecular weight is 471 g/mol. The van der Waals surface area contributed by atoms with Crippen molar-refractivity contribution in [1.82, 2.24) is 19.3 Å². The van der Waals surface area contributed by atoms with Gasteiger partial charge < -0.3 is 4.57 Å². The highest BCUT2D eigenvalue weighted by atomic mass is 32.2. The van der Waals surface area contributed by atoms with Gasteiger partial charge in [0.15, 0.2) is 0 Å². The van der Waals surface area contributed by atoms with Gasteiger partial charge in [-0.05, 0) is 42.5 Å². The van der Waals surface area contributed by atoms with Crippen molar-refractivity contribution in [3.05, 3.63) is 72.4 Å². The number of rotatable bonds is 7. The summed E-state index contributed by atoms with van der Waals surface area (Å²) in [6, 6.07) is 10.6. The van der Waals surface area contributed by atoms with Crippen LogP contribution in [0, 0.1) is 17.1 Å². The second-order valence-electron chi connectivity index (χ2n) is 7.04. The number of hydrogen-bond donors (Lipinski definition) is 1. The van der Waals surface area contributed by atoms with Crippen molar-refractivity contribution in [3.63, 3.8) is 0 Å². The first-order valence-electron chi connectivity index (χ1n) is 9.64. The summed E-state index contributed by atoms with van der Waals surface area (Å²) in [7, 11) is -4.21. The molecule has 0 fully saturated rings. The number of alkyl halides is 2. The zero-order chi connectivity index (χ0) is 23.6. The molecule has 3 aromatic heterocycles. The molecule has 0 spiro atoms. The smallest absolute Gasteiger partial charge is 0.242 e. The van der Waals surface area contributed by atoms with Crippen molar-refractivity contribution in [2.75, 3.05) is 13.3 Å².